The van der Waals surface area contributed by atoms with Gasteiger partial charge < -0.3 is 9.88 Å². The largest absolute Gasteiger partial charge is 0.329 e. The standard InChI is InChI=1S/C16H20BrN3/c1-18-10-14-19-16(17)15(20(14)2)13-8-7-11-5-3-4-6-12(11)9-13/h7-9,18H,3-6,10H2,1-2H3. The molecule has 106 valence electrons. The molecule has 1 aromatic heterocycles. The van der Waals surface area contributed by atoms with Crippen LogP contribution in [0.4, 0.5) is 0 Å². The fourth-order valence-corrected chi connectivity index (χ4v) is 3.72. The lowest BCUT2D eigenvalue weighted by Gasteiger charge is -2.17. The van der Waals surface area contributed by atoms with Crippen molar-refractivity contribution in [3.63, 3.8) is 0 Å². The number of rotatable bonds is 3. The number of hydrogen-bond donors (Lipinski definition) is 1. The highest BCUT2D eigenvalue weighted by Crippen LogP contribution is 2.32. The lowest BCUT2D eigenvalue weighted by molar-refractivity contribution is 0.685. The molecule has 2 aromatic rings. The highest BCUT2D eigenvalue weighted by atomic mass is 79.9. The summed E-state index contributed by atoms with van der Waals surface area (Å²) >= 11 is 3.61. The van der Waals surface area contributed by atoms with Gasteiger partial charge in [-0.1, -0.05) is 12.1 Å². The Hall–Kier alpha value is -1.13. The molecule has 1 aromatic carbocycles. The predicted molar refractivity (Wildman–Crippen MR) is 85.7 cm³/mol. The molecule has 3 rings (SSSR count). The molecule has 0 saturated carbocycles. The summed E-state index contributed by atoms with van der Waals surface area (Å²) in [6.45, 7) is 0.778. The zero-order chi connectivity index (χ0) is 14.1. The first-order chi connectivity index (χ1) is 9.70. The highest BCUT2D eigenvalue weighted by molar-refractivity contribution is 9.10. The summed E-state index contributed by atoms with van der Waals surface area (Å²) in [5.41, 5.74) is 5.46. The molecule has 0 fully saturated rings. The summed E-state index contributed by atoms with van der Waals surface area (Å²) in [7, 11) is 4.03. The van der Waals surface area contributed by atoms with E-state index >= 15 is 0 Å². The summed E-state index contributed by atoms with van der Waals surface area (Å²) in [4.78, 5) is 4.61. The van der Waals surface area contributed by atoms with Gasteiger partial charge in [0.25, 0.3) is 0 Å². The summed E-state index contributed by atoms with van der Waals surface area (Å²) < 4.78 is 3.10. The molecule has 0 atom stereocenters. The van der Waals surface area contributed by atoms with Gasteiger partial charge in [-0.05, 0) is 65.9 Å². The van der Waals surface area contributed by atoms with Crippen molar-refractivity contribution in [3.05, 3.63) is 39.8 Å². The Morgan fingerprint density at radius 2 is 2.00 bits per heavy atom. The number of fused-ring (bicyclic) bond motifs is 1. The molecular weight excluding hydrogens is 314 g/mol. The Morgan fingerprint density at radius 3 is 2.75 bits per heavy atom. The third-order valence-corrected chi connectivity index (χ3v) is 4.65. The van der Waals surface area contributed by atoms with E-state index in [1.165, 1.54) is 48.1 Å². The minimum atomic E-state index is 0.778. The maximum atomic E-state index is 4.61. The molecule has 1 aliphatic carbocycles. The van der Waals surface area contributed by atoms with E-state index in [0.29, 0.717) is 0 Å². The Bertz CT molecular complexity index is 631. The fraction of sp³-hybridized carbons (Fsp3) is 0.438. The number of hydrogen-bond acceptors (Lipinski definition) is 2. The minimum Gasteiger partial charge on any atom is -0.329 e. The smallest absolute Gasteiger partial charge is 0.132 e. The van der Waals surface area contributed by atoms with Crippen LogP contribution in [0.3, 0.4) is 0 Å². The van der Waals surface area contributed by atoms with E-state index in [4.69, 9.17) is 0 Å². The number of aromatic nitrogens is 2. The molecule has 0 spiro atoms. The molecular formula is C16H20BrN3. The van der Waals surface area contributed by atoms with E-state index in [2.05, 4.69) is 56.0 Å². The van der Waals surface area contributed by atoms with Gasteiger partial charge in [-0.2, -0.15) is 0 Å². The van der Waals surface area contributed by atoms with E-state index in [0.717, 1.165) is 17.0 Å². The molecule has 0 amide bonds. The molecule has 4 heteroatoms. The lowest BCUT2D eigenvalue weighted by atomic mass is 9.90. The molecule has 1 N–H and O–H groups in total. The number of nitrogens with zero attached hydrogens (tertiary/aromatic N) is 2. The molecule has 0 aliphatic heterocycles. The molecule has 0 saturated heterocycles. The summed E-state index contributed by atoms with van der Waals surface area (Å²) in [5.74, 6) is 1.05. The Labute approximate surface area is 128 Å². The third-order valence-electron chi connectivity index (χ3n) is 4.10. The van der Waals surface area contributed by atoms with Gasteiger partial charge in [-0.3, -0.25) is 0 Å². The average molecular weight is 334 g/mol. The van der Waals surface area contributed by atoms with Crippen molar-refractivity contribution in [2.75, 3.05) is 7.05 Å². The van der Waals surface area contributed by atoms with E-state index in [9.17, 15) is 0 Å². The molecule has 0 bridgehead atoms. The second kappa shape index (κ2) is 5.70. The normalized spacial score (nSPS) is 14.3. The quantitative estimate of drug-likeness (QED) is 0.932. The summed E-state index contributed by atoms with van der Waals surface area (Å²) in [6.07, 6.45) is 5.08. The van der Waals surface area contributed by atoms with Crippen LogP contribution in [0.1, 0.15) is 29.8 Å². The Balaban J connectivity index is 2.04. The Morgan fingerprint density at radius 1 is 1.25 bits per heavy atom. The first kappa shape index (κ1) is 13.8. The van der Waals surface area contributed by atoms with Crippen LogP contribution in [0.2, 0.25) is 0 Å². The van der Waals surface area contributed by atoms with Gasteiger partial charge in [0.05, 0.1) is 12.2 Å². The summed E-state index contributed by atoms with van der Waals surface area (Å²) in [6, 6.07) is 6.87. The second-order valence-electron chi connectivity index (χ2n) is 5.45. The van der Waals surface area contributed by atoms with Crippen molar-refractivity contribution >= 4 is 15.9 Å². The molecule has 20 heavy (non-hydrogen) atoms. The molecule has 0 unspecified atom stereocenters. The van der Waals surface area contributed by atoms with Crippen LogP contribution in [0.5, 0.6) is 0 Å². The lowest BCUT2D eigenvalue weighted by Crippen LogP contribution is -2.10. The fourth-order valence-electron chi connectivity index (χ4n) is 3.02. The zero-order valence-electron chi connectivity index (χ0n) is 12.0. The van der Waals surface area contributed by atoms with Gasteiger partial charge in [0.1, 0.15) is 10.4 Å². The van der Waals surface area contributed by atoms with Crippen molar-refractivity contribution < 1.29 is 0 Å². The van der Waals surface area contributed by atoms with Crippen molar-refractivity contribution in [1.82, 2.24) is 14.9 Å². The third kappa shape index (κ3) is 2.42. The number of aryl methyl sites for hydroxylation is 2. The van der Waals surface area contributed by atoms with Gasteiger partial charge in [-0.15, -0.1) is 0 Å². The highest BCUT2D eigenvalue weighted by Gasteiger charge is 2.16. The maximum Gasteiger partial charge on any atom is 0.132 e. The van der Waals surface area contributed by atoms with Gasteiger partial charge in [0.2, 0.25) is 0 Å². The first-order valence-corrected chi connectivity index (χ1v) is 7.98. The van der Waals surface area contributed by atoms with Crippen LogP contribution >= 0.6 is 15.9 Å². The minimum absolute atomic E-state index is 0.778. The van der Waals surface area contributed by atoms with Crippen LogP contribution < -0.4 is 5.32 Å². The monoisotopic (exact) mass is 333 g/mol. The topological polar surface area (TPSA) is 29.9 Å². The second-order valence-corrected chi connectivity index (χ2v) is 6.20. The van der Waals surface area contributed by atoms with Crippen LogP contribution in [0, 0.1) is 0 Å². The van der Waals surface area contributed by atoms with Crippen LogP contribution in [-0.4, -0.2) is 16.6 Å². The van der Waals surface area contributed by atoms with Crippen LogP contribution in [-0.2, 0) is 26.4 Å². The number of imidazole rings is 1. The van der Waals surface area contributed by atoms with Crippen LogP contribution in [0.25, 0.3) is 11.3 Å². The van der Waals surface area contributed by atoms with E-state index < -0.39 is 0 Å². The average Bonchev–Trinajstić information content (AvgIpc) is 2.73. The van der Waals surface area contributed by atoms with E-state index in [-0.39, 0.29) is 0 Å². The Kier molecular flexibility index (Phi) is 3.94. The molecule has 1 aliphatic rings. The van der Waals surface area contributed by atoms with Gasteiger partial charge in [0.15, 0.2) is 0 Å². The van der Waals surface area contributed by atoms with Crippen molar-refractivity contribution in [2.24, 2.45) is 7.05 Å². The SMILES string of the molecule is CNCc1nc(Br)c(-c2ccc3c(c2)CCCC3)n1C. The molecule has 1 heterocycles. The predicted octanol–water partition coefficient (Wildman–Crippen LogP) is 3.45. The number of nitrogens with one attached hydrogen (secondary N) is 1. The van der Waals surface area contributed by atoms with E-state index in [1.54, 1.807) is 0 Å². The number of benzene rings is 1. The first-order valence-electron chi connectivity index (χ1n) is 7.18. The van der Waals surface area contributed by atoms with Crippen molar-refractivity contribution in [2.45, 2.75) is 32.2 Å². The van der Waals surface area contributed by atoms with Crippen LogP contribution in [0.15, 0.2) is 22.8 Å². The zero-order valence-corrected chi connectivity index (χ0v) is 13.6. The summed E-state index contributed by atoms with van der Waals surface area (Å²) in [5, 5.41) is 3.16. The molecule has 3 nitrogen and oxygen atoms in total. The number of halogens is 1. The van der Waals surface area contributed by atoms with E-state index in [1.807, 2.05) is 7.05 Å². The van der Waals surface area contributed by atoms with Gasteiger partial charge in [0, 0.05) is 12.6 Å². The van der Waals surface area contributed by atoms with Gasteiger partial charge >= 0.3 is 0 Å². The van der Waals surface area contributed by atoms with Gasteiger partial charge in [-0.25, -0.2) is 4.98 Å². The van der Waals surface area contributed by atoms with Crippen molar-refractivity contribution in [3.8, 4) is 11.3 Å². The molecule has 0 radical (unpaired) electrons. The maximum absolute atomic E-state index is 4.61. The van der Waals surface area contributed by atoms with Crippen molar-refractivity contribution in [1.29, 1.82) is 0 Å².